The molecule has 0 aliphatic carbocycles. The van der Waals surface area contributed by atoms with Gasteiger partial charge in [0.15, 0.2) is 0 Å². The van der Waals surface area contributed by atoms with E-state index in [0.29, 0.717) is 22.3 Å². The van der Waals surface area contributed by atoms with Gasteiger partial charge in [0.05, 0.1) is 15.5 Å². The van der Waals surface area contributed by atoms with E-state index in [1.165, 1.54) is 6.07 Å². The van der Waals surface area contributed by atoms with Gasteiger partial charge in [-0.15, -0.1) is 11.6 Å². The molecule has 0 radical (unpaired) electrons. The molecule has 102 valence electrons. The summed E-state index contributed by atoms with van der Waals surface area (Å²) >= 11 is 9.08. The fraction of sp³-hybridized carbons (Fsp3) is 0.133. The maximum atomic E-state index is 13.7. The molecule has 0 fully saturated rings. The van der Waals surface area contributed by atoms with Gasteiger partial charge in [0.25, 0.3) is 0 Å². The molecule has 1 heterocycles. The second kappa shape index (κ2) is 5.54. The Hall–Kier alpha value is -1.39. The maximum absolute atomic E-state index is 13.7. The third kappa shape index (κ3) is 2.34. The summed E-state index contributed by atoms with van der Waals surface area (Å²) in [6, 6.07) is 13.1. The number of nitrogens with zero attached hydrogens (tertiary/aromatic N) is 2. The first-order chi connectivity index (χ1) is 9.70. The van der Waals surface area contributed by atoms with Gasteiger partial charge in [-0.25, -0.2) is 9.37 Å². The van der Waals surface area contributed by atoms with Crippen LogP contribution >= 0.6 is 27.5 Å². The molecule has 0 unspecified atom stereocenters. The number of benzene rings is 2. The Balaban J connectivity index is 2.32. The number of hydrogen-bond acceptors (Lipinski definition) is 1. The average molecular weight is 354 g/mol. The molecule has 0 saturated heterocycles. The Bertz CT molecular complexity index is 755. The Morgan fingerprint density at radius 2 is 1.95 bits per heavy atom. The highest BCUT2D eigenvalue weighted by atomic mass is 79.9. The van der Waals surface area contributed by atoms with Crippen molar-refractivity contribution >= 4 is 38.6 Å². The van der Waals surface area contributed by atoms with Gasteiger partial charge in [0, 0.05) is 24.1 Å². The summed E-state index contributed by atoms with van der Waals surface area (Å²) < 4.78 is 16.1. The van der Waals surface area contributed by atoms with E-state index in [1.807, 2.05) is 34.9 Å². The van der Waals surface area contributed by atoms with E-state index in [0.717, 1.165) is 17.0 Å². The van der Waals surface area contributed by atoms with Crippen molar-refractivity contribution in [3.8, 4) is 5.69 Å². The first-order valence-electron chi connectivity index (χ1n) is 6.18. The molecule has 0 bridgehead atoms. The van der Waals surface area contributed by atoms with Gasteiger partial charge in [-0.2, -0.15) is 0 Å². The number of imidazole rings is 1. The molecular formula is C15H11BrClFN2. The minimum atomic E-state index is -0.312. The third-order valence-corrected chi connectivity index (χ3v) is 3.90. The highest BCUT2D eigenvalue weighted by molar-refractivity contribution is 9.10. The zero-order valence-corrected chi connectivity index (χ0v) is 12.8. The van der Waals surface area contributed by atoms with Crippen molar-refractivity contribution in [2.45, 2.75) is 6.42 Å². The highest BCUT2D eigenvalue weighted by Gasteiger charge is 2.14. The van der Waals surface area contributed by atoms with Crippen molar-refractivity contribution in [1.82, 2.24) is 9.55 Å². The van der Waals surface area contributed by atoms with Crippen LogP contribution in [0, 0.1) is 5.82 Å². The highest BCUT2D eigenvalue weighted by Crippen LogP contribution is 2.27. The molecule has 0 atom stereocenters. The van der Waals surface area contributed by atoms with Crippen molar-refractivity contribution < 1.29 is 4.39 Å². The van der Waals surface area contributed by atoms with Crippen molar-refractivity contribution in [2.24, 2.45) is 0 Å². The lowest BCUT2D eigenvalue weighted by atomic mass is 10.2. The lowest BCUT2D eigenvalue weighted by Crippen LogP contribution is -2.01. The molecule has 2 aromatic carbocycles. The molecule has 1 aromatic heterocycles. The Morgan fingerprint density at radius 3 is 2.65 bits per heavy atom. The van der Waals surface area contributed by atoms with Crippen molar-refractivity contribution in [2.75, 3.05) is 5.88 Å². The molecular weight excluding hydrogens is 343 g/mol. The number of aryl methyl sites for hydroxylation is 1. The molecule has 3 rings (SSSR count). The molecule has 2 nitrogen and oxygen atoms in total. The van der Waals surface area contributed by atoms with Crippen LogP contribution in [0.1, 0.15) is 5.82 Å². The van der Waals surface area contributed by atoms with Crippen LogP contribution in [0.5, 0.6) is 0 Å². The van der Waals surface area contributed by atoms with Crippen molar-refractivity contribution in [1.29, 1.82) is 0 Å². The van der Waals surface area contributed by atoms with Crippen LogP contribution in [0.4, 0.5) is 4.39 Å². The van der Waals surface area contributed by atoms with Crippen LogP contribution in [-0.4, -0.2) is 15.4 Å². The third-order valence-electron chi connectivity index (χ3n) is 3.10. The molecule has 0 spiro atoms. The average Bonchev–Trinajstić information content (AvgIpc) is 2.78. The van der Waals surface area contributed by atoms with E-state index >= 15 is 0 Å². The van der Waals surface area contributed by atoms with Crippen LogP contribution < -0.4 is 0 Å². The Labute approximate surface area is 129 Å². The number of para-hydroxylation sites is 1. The van der Waals surface area contributed by atoms with Crippen LogP contribution in [0.3, 0.4) is 0 Å². The van der Waals surface area contributed by atoms with E-state index in [-0.39, 0.29) is 5.82 Å². The standard InChI is InChI=1S/C15H11BrClFN2/c16-11-8-14-13(9-12(11)18)19-15(6-7-17)20(14)10-4-2-1-3-5-10/h1-5,8-9H,6-7H2. The summed E-state index contributed by atoms with van der Waals surface area (Å²) in [5.41, 5.74) is 2.49. The molecule has 0 saturated carbocycles. The lowest BCUT2D eigenvalue weighted by molar-refractivity contribution is 0.623. The van der Waals surface area contributed by atoms with E-state index in [4.69, 9.17) is 11.6 Å². The quantitative estimate of drug-likeness (QED) is 0.624. The van der Waals surface area contributed by atoms with Crippen molar-refractivity contribution in [3.63, 3.8) is 0 Å². The van der Waals surface area contributed by atoms with E-state index in [9.17, 15) is 4.39 Å². The summed E-state index contributed by atoms with van der Waals surface area (Å²) in [6.45, 7) is 0. The number of fused-ring (bicyclic) bond motifs is 1. The summed E-state index contributed by atoms with van der Waals surface area (Å²) in [5, 5.41) is 0. The maximum Gasteiger partial charge on any atom is 0.139 e. The van der Waals surface area contributed by atoms with Gasteiger partial charge >= 0.3 is 0 Å². The molecule has 0 N–H and O–H groups in total. The predicted octanol–water partition coefficient (Wildman–Crippen LogP) is 4.71. The van der Waals surface area contributed by atoms with E-state index < -0.39 is 0 Å². The molecule has 0 aliphatic rings. The number of aromatic nitrogens is 2. The van der Waals surface area contributed by atoms with E-state index in [1.54, 1.807) is 6.07 Å². The lowest BCUT2D eigenvalue weighted by Gasteiger charge is -2.08. The van der Waals surface area contributed by atoms with Gasteiger partial charge in [-0.3, -0.25) is 4.57 Å². The minimum absolute atomic E-state index is 0.312. The normalized spacial score (nSPS) is 11.2. The van der Waals surface area contributed by atoms with Gasteiger partial charge < -0.3 is 0 Å². The molecule has 3 aromatic rings. The second-order valence-electron chi connectivity index (χ2n) is 4.39. The summed E-state index contributed by atoms with van der Waals surface area (Å²) in [6.07, 6.45) is 0.629. The summed E-state index contributed by atoms with van der Waals surface area (Å²) in [4.78, 5) is 4.50. The van der Waals surface area contributed by atoms with Crippen LogP contribution in [0.2, 0.25) is 0 Å². The SMILES string of the molecule is Fc1cc2nc(CCCl)n(-c3ccccc3)c2cc1Br. The number of alkyl halides is 1. The van der Waals surface area contributed by atoms with Gasteiger partial charge in [-0.1, -0.05) is 18.2 Å². The van der Waals surface area contributed by atoms with Crippen LogP contribution in [0.15, 0.2) is 46.9 Å². The number of hydrogen-bond donors (Lipinski definition) is 0. The van der Waals surface area contributed by atoms with Crippen LogP contribution in [-0.2, 0) is 6.42 Å². The Kier molecular flexibility index (Phi) is 3.76. The zero-order chi connectivity index (χ0) is 14.1. The topological polar surface area (TPSA) is 17.8 Å². The molecule has 5 heteroatoms. The predicted molar refractivity (Wildman–Crippen MR) is 83.2 cm³/mol. The summed E-state index contributed by atoms with van der Waals surface area (Å²) in [7, 11) is 0. The molecule has 0 aliphatic heterocycles. The van der Waals surface area contributed by atoms with Gasteiger partial charge in [0.2, 0.25) is 0 Å². The second-order valence-corrected chi connectivity index (χ2v) is 5.63. The molecule has 0 amide bonds. The largest absolute Gasteiger partial charge is 0.296 e. The minimum Gasteiger partial charge on any atom is -0.296 e. The number of rotatable bonds is 3. The Morgan fingerprint density at radius 1 is 1.20 bits per heavy atom. The summed E-state index contributed by atoms with van der Waals surface area (Å²) in [5.74, 6) is 0.992. The first-order valence-corrected chi connectivity index (χ1v) is 7.51. The van der Waals surface area contributed by atoms with Crippen LogP contribution in [0.25, 0.3) is 16.7 Å². The van der Waals surface area contributed by atoms with Gasteiger partial charge in [-0.05, 0) is 34.1 Å². The van der Waals surface area contributed by atoms with Crippen molar-refractivity contribution in [3.05, 3.63) is 58.6 Å². The van der Waals surface area contributed by atoms with Gasteiger partial charge in [0.1, 0.15) is 11.6 Å². The smallest absolute Gasteiger partial charge is 0.139 e. The monoisotopic (exact) mass is 352 g/mol. The number of halogens is 3. The fourth-order valence-corrected chi connectivity index (χ4v) is 2.74. The zero-order valence-electron chi connectivity index (χ0n) is 10.5. The fourth-order valence-electron chi connectivity index (χ4n) is 2.24. The first kappa shape index (κ1) is 13.6. The molecule has 20 heavy (non-hydrogen) atoms. The van der Waals surface area contributed by atoms with E-state index in [2.05, 4.69) is 20.9 Å².